The molecule has 0 saturated heterocycles. The van der Waals surface area contributed by atoms with Crippen molar-refractivity contribution in [2.75, 3.05) is 7.11 Å². The minimum absolute atomic E-state index is 0.136. The molecule has 0 unspecified atom stereocenters. The maximum atomic E-state index is 11.9. The van der Waals surface area contributed by atoms with Crippen LogP contribution >= 0.6 is 11.6 Å². The summed E-state index contributed by atoms with van der Waals surface area (Å²) in [5.41, 5.74) is 2.52. The third kappa shape index (κ3) is 2.80. The van der Waals surface area contributed by atoms with Crippen LogP contribution in [0.4, 0.5) is 0 Å². The molecule has 0 spiro atoms. The fourth-order valence-corrected chi connectivity index (χ4v) is 2.85. The fraction of sp³-hybridized carbons (Fsp3) is 0.235. The lowest BCUT2D eigenvalue weighted by atomic mass is 10.1. The summed E-state index contributed by atoms with van der Waals surface area (Å²) >= 11 is 6.23. The van der Waals surface area contributed by atoms with Gasteiger partial charge in [-0.3, -0.25) is 4.68 Å². The molecule has 124 valence electrons. The van der Waals surface area contributed by atoms with Gasteiger partial charge in [0.1, 0.15) is 12.4 Å². The van der Waals surface area contributed by atoms with E-state index in [-0.39, 0.29) is 6.61 Å². The summed E-state index contributed by atoms with van der Waals surface area (Å²) in [4.78, 5) is 16.2. The van der Waals surface area contributed by atoms with Crippen molar-refractivity contribution in [3.05, 3.63) is 52.3 Å². The molecule has 6 nitrogen and oxygen atoms in total. The number of nitrogens with zero attached hydrogens (tertiary/aromatic N) is 3. The van der Waals surface area contributed by atoms with Crippen LogP contribution in [0.25, 0.3) is 11.0 Å². The van der Waals surface area contributed by atoms with Gasteiger partial charge in [0.2, 0.25) is 0 Å². The van der Waals surface area contributed by atoms with E-state index in [0.29, 0.717) is 21.9 Å². The number of esters is 1. The summed E-state index contributed by atoms with van der Waals surface area (Å²) in [5.74, 6) is 0.190. The second-order valence-corrected chi connectivity index (χ2v) is 5.67. The summed E-state index contributed by atoms with van der Waals surface area (Å²) in [6.07, 6.45) is 1.66. The van der Waals surface area contributed by atoms with Crippen LogP contribution in [0.2, 0.25) is 5.02 Å². The number of ether oxygens (including phenoxy) is 2. The fourth-order valence-electron chi connectivity index (χ4n) is 2.62. The number of hydrogen-bond donors (Lipinski definition) is 0. The van der Waals surface area contributed by atoms with Gasteiger partial charge in [-0.05, 0) is 25.1 Å². The van der Waals surface area contributed by atoms with Gasteiger partial charge < -0.3 is 9.47 Å². The maximum Gasteiger partial charge on any atom is 0.338 e. The molecule has 7 heteroatoms. The minimum atomic E-state index is -0.450. The first kappa shape index (κ1) is 16.3. The van der Waals surface area contributed by atoms with Crippen LogP contribution in [0.5, 0.6) is 5.75 Å². The Kier molecular flexibility index (Phi) is 4.40. The molecule has 0 aliphatic carbocycles. The van der Waals surface area contributed by atoms with Crippen molar-refractivity contribution >= 4 is 28.6 Å². The van der Waals surface area contributed by atoms with Gasteiger partial charge in [0, 0.05) is 23.8 Å². The normalized spacial score (nSPS) is 10.8. The van der Waals surface area contributed by atoms with Gasteiger partial charge in [0.25, 0.3) is 0 Å². The summed E-state index contributed by atoms with van der Waals surface area (Å²) in [7, 11) is 3.16. The first-order valence-electron chi connectivity index (χ1n) is 7.29. The summed E-state index contributed by atoms with van der Waals surface area (Å²) in [6.45, 7) is 2.03. The molecule has 0 fully saturated rings. The van der Waals surface area contributed by atoms with Gasteiger partial charge in [0.05, 0.1) is 23.8 Å². The minimum Gasteiger partial charge on any atom is -0.488 e. The highest BCUT2D eigenvalue weighted by molar-refractivity contribution is 6.31. The second-order valence-electron chi connectivity index (χ2n) is 5.26. The van der Waals surface area contributed by atoms with Crippen LogP contribution < -0.4 is 4.74 Å². The molecule has 0 aliphatic rings. The average Bonchev–Trinajstić information content (AvgIpc) is 2.88. The first-order valence-corrected chi connectivity index (χ1v) is 7.67. The predicted octanol–water partition coefficient (Wildman–Crippen LogP) is 3.30. The Morgan fingerprint density at radius 3 is 2.88 bits per heavy atom. The first-order chi connectivity index (χ1) is 11.5. The summed E-state index contributed by atoms with van der Waals surface area (Å²) < 4.78 is 12.4. The molecule has 0 radical (unpaired) electrons. The topological polar surface area (TPSA) is 66.2 Å². The van der Waals surface area contributed by atoms with E-state index in [0.717, 1.165) is 16.7 Å². The highest BCUT2D eigenvalue weighted by atomic mass is 35.5. The lowest BCUT2D eigenvalue weighted by molar-refractivity contribution is 0.0598. The van der Waals surface area contributed by atoms with Crippen LogP contribution in [0.1, 0.15) is 21.6 Å². The van der Waals surface area contributed by atoms with Crippen LogP contribution in [0, 0.1) is 6.92 Å². The van der Waals surface area contributed by atoms with E-state index in [2.05, 4.69) is 10.1 Å². The molecule has 0 bridgehead atoms. The van der Waals surface area contributed by atoms with E-state index >= 15 is 0 Å². The zero-order chi connectivity index (χ0) is 17.3. The molecule has 2 heterocycles. The summed E-state index contributed by atoms with van der Waals surface area (Å²) in [6, 6.07) is 6.84. The van der Waals surface area contributed by atoms with Gasteiger partial charge in [-0.2, -0.15) is 5.10 Å². The van der Waals surface area contributed by atoms with Crippen LogP contribution in [-0.4, -0.2) is 27.8 Å². The standard InChI is InChI=1S/C17H16ClN3O3/c1-10-15-14(7-8-19-16(15)21(2)20-10)24-9-12-11(17(22)23-3)5-4-6-13(12)18/h4-8H,9H2,1-3H3. The number of hydrogen-bond acceptors (Lipinski definition) is 5. The molecule has 0 amide bonds. The number of rotatable bonds is 4. The Morgan fingerprint density at radius 1 is 1.33 bits per heavy atom. The molecule has 1 aromatic carbocycles. The highest BCUT2D eigenvalue weighted by Gasteiger charge is 2.17. The molecule has 0 atom stereocenters. The average molecular weight is 346 g/mol. The Hall–Kier alpha value is -2.60. The molecular formula is C17H16ClN3O3. The van der Waals surface area contributed by atoms with Crippen LogP contribution in [0.3, 0.4) is 0 Å². The van der Waals surface area contributed by atoms with E-state index in [1.54, 1.807) is 35.1 Å². The number of carbonyl (C=O) groups is 1. The van der Waals surface area contributed by atoms with Crippen molar-refractivity contribution in [2.24, 2.45) is 7.05 Å². The lowest BCUT2D eigenvalue weighted by Gasteiger charge is -2.12. The predicted molar refractivity (Wildman–Crippen MR) is 90.4 cm³/mol. The molecule has 0 N–H and O–H groups in total. The quantitative estimate of drug-likeness (QED) is 0.679. The second kappa shape index (κ2) is 6.49. The van der Waals surface area contributed by atoms with Gasteiger partial charge in [-0.1, -0.05) is 17.7 Å². The van der Waals surface area contributed by atoms with Crippen molar-refractivity contribution in [1.82, 2.24) is 14.8 Å². The van der Waals surface area contributed by atoms with Crippen molar-refractivity contribution < 1.29 is 14.3 Å². The van der Waals surface area contributed by atoms with Crippen molar-refractivity contribution in [3.8, 4) is 5.75 Å². The zero-order valence-corrected chi connectivity index (χ0v) is 14.3. The van der Waals surface area contributed by atoms with Crippen molar-refractivity contribution in [1.29, 1.82) is 0 Å². The van der Waals surface area contributed by atoms with Crippen molar-refractivity contribution in [3.63, 3.8) is 0 Å². The monoisotopic (exact) mass is 345 g/mol. The van der Waals surface area contributed by atoms with Crippen LogP contribution in [0.15, 0.2) is 30.5 Å². The number of fused-ring (bicyclic) bond motifs is 1. The number of pyridine rings is 1. The largest absolute Gasteiger partial charge is 0.488 e. The zero-order valence-electron chi connectivity index (χ0n) is 13.5. The van der Waals surface area contributed by atoms with Gasteiger partial charge >= 0.3 is 5.97 Å². The van der Waals surface area contributed by atoms with Crippen LogP contribution in [-0.2, 0) is 18.4 Å². The van der Waals surface area contributed by atoms with E-state index in [9.17, 15) is 4.79 Å². The highest BCUT2D eigenvalue weighted by Crippen LogP contribution is 2.29. The third-order valence-corrected chi connectivity index (χ3v) is 4.11. The summed E-state index contributed by atoms with van der Waals surface area (Å²) in [5, 5.41) is 5.65. The number of benzene rings is 1. The molecule has 0 saturated carbocycles. The Labute approximate surface area is 144 Å². The number of halogens is 1. The molecule has 3 aromatic rings. The van der Waals surface area contributed by atoms with E-state index < -0.39 is 5.97 Å². The van der Waals surface area contributed by atoms with Gasteiger partial charge in [0.15, 0.2) is 5.65 Å². The van der Waals surface area contributed by atoms with Gasteiger partial charge in [-0.15, -0.1) is 0 Å². The number of methoxy groups -OCH3 is 1. The van der Waals surface area contributed by atoms with E-state index in [1.165, 1.54) is 7.11 Å². The lowest BCUT2D eigenvalue weighted by Crippen LogP contribution is -2.08. The molecule has 3 rings (SSSR count). The Balaban J connectivity index is 1.97. The molecular weight excluding hydrogens is 330 g/mol. The van der Waals surface area contributed by atoms with E-state index in [4.69, 9.17) is 21.1 Å². The SMILES string of the molecule is COC(=O)c1cccc(Cl)c1COc1ccnc2c1c(C)nn2C. The van der Waals surface area contributed by atoms with Gasteiger partial charge in [-0.25, -0.2) is 9.78 Å². The maximum absolute atomic E-state index is 11.9. The van der Waals surface area contributed by atoms with Crippen molar-refractivity contribution in [2.45, 2.75) is 13.5 Å². The number of aryl methyl sites for hydroxylation is 2. The Bertz CT molecular complexity index is 921. The molecule has 2 aromatic heterocycles. The third-order valence-electron chi connectivity index (χ3n) is 3.76. The van der Waals surface area contributed by atoms with E-state index in [1.807, 2.05) is 14.0 Å². The number of carbonyl (C=O) groups excluding carboxylic acids is 1. The molecule has 24 heavy (non-hydrogen) atoms. The Morgan fingerprint density at radius 2 is 2.12 bits per heavy atom. The smallest absolute Gasteiger partial charge is 0.338 e. The number of aromatic nitrogens is 3. The molecule has 0 aliphatic heterocycles.